The van der Waals surface area contributed by atoms with E-state index >= 15 is 0 Å². The quantitative estimate of drug-likeness (QED) is 0.443. The highest BCUT2D eigenvalue weighted by molar-refractivity contribution is 5.36. The van der Waals surface area contributed by atoms with Gasteiger partial charge in [0.15, 0.2) is 0 Å². The Bertz CT molecular complexity index is 910. The number of hydrogen-bond donors (Lipinski definition) is 1. The average Bonchev–Trinajstić information content (AvgIpc) is 2.85. The molecule has 0 aliphatic carbocycles. The third-order valence-corrected chi connectivity index (χ3v) is 5.43. The summed E-state index contributed by atoms with van der Waals surface area (Å²) in [6, 6.07) is 23.5. The molecule has 0 fully saturated rings. The number of nitrogens with zero attached hydrogens (tertiary/aromatic N) is 1. The predicted molar refractivity (Wildman–Crippen MR) is 129 cm³/mol. The topological polar surface area (TPSA) is 60.4 Å². The van der Waals surface area contributed by atoms with Crippen molar-refractivity contribution in [1.29, 1.82) is 0 Å². The summed E-state index contributed by atoms with van der Waals surface area (Å²) in [4.78, 5) is 2.08. The Kier molecular flexibility index (Phi) is 9.13. The lowest BCUT2D eigenvalue weighted by atomic mass is 10.0. The Hall–Kier alpha value is -3.06. The molecule has 0 saturated carbocycles. The molecule has 0 heterocycles. The van der Waals surface area contributed by atoms with Crippen molar-refractivity contribution in [3.8, 4) is 17.2 Å². The Morgan fingerprint density at radius 2 is 1.12 bits per heavy atom. The first-order chi connectivity index (χ1) is 16.0. The largest absolute Gasteiger partial charge is 0.497 e. The fraction of sp³-hybridized carbons (Fsp3) is 0.333. The van der Waals surface area contributed by atoms with Crippen LogP contribution in [0.1, 0.15) is 22.8 Å². The van der Waals surface area contributed by atoms with E-state index in [1.807, 2.05) is 79.8 Å². The number of benzene rings is 3. The van der Waals surface area contributed by atoms with Crippen LogP contribution in [-0.4, -0.2) is 57.6 Å². The fourth-order valence-electron chi connectivity index (χ4n) is 3.67. The fourth-order valence-corrected chi connectivity index (χ4v) is 3.67. The Labute approximate surface area is 196 Å². The van der Waals surface area contributed by atoms with E-state index in [-0.39, 0.29) is 12.7 Å². The van der Waals surface area contributed by atoms with Gasteiger partial charge in [0.25, 0.3) is 0 Å². The van der Waals surface area contributed by atoms with Gasteiger partial charge in [-0.2, -0.15) is 0 Å². The molecule has 0 radical (unpaired) electrons. The summed E-state index contributed by atoms with van der Waals surface area (Å²) in [5, 5.41) is 10.7. The van der Waals surface area contributed by atoms with Gasteiger partial charge in [0.1, 0.15) is 23.4 Å². The third-order valence-electron chi connectivity index (χ3n) is 5.43. The number of methoxy groups -OCH3 is 3. The summed E-state index contributed by atoms with van der Waals surface area (Å²) in [5.41, 5.74) is 3.13. The van der Waals surface area contributed by atoms with Gasteiger partial charge < -0.3 is 24.1 Å². The lowest BCUT2D eigenvalue weighted by Gasteiger charge is -2.24. The maximum Gasteiger partial charge on any atom is 0.118 e. The first-order valence-corrected chi connectivity index (χ1v) is 10.9. The zero-order valence-corrected chi connectivity index (χ0v) is 19.7. The highest BCUT2D eigenvalue weighted by Crippen LogP contribution is 2.29. The van der Waals surface area contributed by atoms with Crippen LogP contribution in [0.4, 0.5) is 0 Å². The van der Waals surface area contributed by atoms with Gasteiger partial charge in [-0.1, -0.05) is 36.4 Å². The molecule has 3 rings (SSSR count). The Morgan fingerprint density at radius 3 is 1.55 bits per heavy atom. The maximum absolute atomic E-state index is 10.7. The number of aliphatic hydroxyl groups is 1. The van der Waals surface area contributed by atoms with Gasteiger partial charge in [-0.05, 0) is 60.1 Å². The standard InChI is InChI=1S/C27H33NO5/c1-28(17-20-5-11-24(30-2)12-6-20)18-23(29)19-33-27(21-7-13-25(31-3)14-8-21)22-9-15-26(32-4)16-10-22/h5-16,23,27,29H,17-19H2,1-4H3/t23-/m1/s1. The zero-order chi connectivity index (χ0) is 23.6. The Balaban J connectivity index is 1.63. The minimum Gasteiger partial charge on any atom is -0.497 e. The van der Waals surface area contributed by atoms with Gasteiger partial charge in [-0.15, -0.1) is 0 Å². The summed E-state index contributed by atoms with van der Waals surface area (Å²) in [6.45, 7) is 1.42. The van der Waals surface area contributed by atoms with E-state index < -0.39 is 6.10 Å². The molecule has 0 saturated heterocycles. The van der Waals surface area contributed by atoms with E-state index in [0.717, 1.165) is 40.5 Å². The highest BCUT2D eigenvalue weighted by atomic mass is 16.5. The monoisotopic (exact) mass is 451 g/mol. The summed E-state index contributed by atoms with van der Waals surface area (Å²) < 4.78 is 22.0. The average molecular weight is 452 g/mol. The molecule has 0 aliphatic rings. The van der Waals surface area contributed by atoms with Crippen LogP contribution in [0, 0.1) is 0 Å². The van der Waals surface area contributed by atoms with Crippen molar-refractivity contribution < 1.29 is 24.1 Å². The van der Waals surface area contributed by atoms with E-state index in [2.05, 4.69) is 4.90 Å². The van der Waals surface area contributed by atoms with Crippen LogP contribution in [0.3, 0.4) is 0 Å². The van der Waals surface area contributed by atoms with Crippen LogP contribution in [0.5, 0.6) is 17.2 Å². The lowest BCUT2D eigenvalue weighted by molar-refractivity contribution is -0.00628. The van der Waals surface area contributed by atoms with Crippen molar-refractivity contribution in [2.24, 2.45) is 0 Å². The SMILES string of the molecule is COc1ccc(CN(C)C[C@@H](O)COC(c2ccc(OC)cc2)c2ccc(OC)cc2)cc1. The van der Waals surface area contributed by atoms with Crippen molar-refractivity contribution in [3.63, 3.8) is 0 Å². The molecule has 0 aromatic heterocycles. The summed E-state index contributed by atoms with van der Waals surface area (Å²) in [5.74, 6) is 2.40. The molecule has 3 aromatic carbocycles. The van der Waals surface area contributed by atoms with Gasteiger partial charge in [0.05, 0.1) is 34.0 Å². The van der Waals surface area contributed by atoms with E-state index in [9.17, 15) is 5.11 Å². The smallest absolute Gasteiger partial charge is 0.118 e. The summed E-state index contributed by atoms with van der Waals surface area (Å²) >= 11 is 0. The van der Waals surface area contributed by atoms with Crippen LogP contribution in [-0.2, 0) is 11.3 Å². The molecule has 6 heteroatoms. The van der Waals surface area contributed by atoms with E-state index in [0.29, 0.717) is 6.54 Å². The predicted octanol–water partition coefficient (Wildman–Crippen LogP) is 4.31. The van der Waals surface area contributed by atoms with Crippen molar-refractivity contribution in [3.05, 3.63) is 89.5 Å². The number of hydrogen-bond acceptors (Lipinski definition) is 6. The summed E-state index contributed by atoms with van der Waals surface area (Å²) in [7, 11) is 6.93. The van der Waals surface area contributed by atoms with Crippen LogP contribution in [0.25, 0.3) is 0 Å². The molecule has 0 bridgehead atoms. The van der Waals surface area contributed by atoms with E-state index in [1.165, 1.54) is 0 Å². The van der Waals surface area contributed by atoms with Crippen molar-refractivity contribution in [1.82, 2.24) is 4.90 Å². The van der Waals surface area contributed by atoms with Crippen LogP contribution >= 0.6 is 0 Å². The number of aliphatic hydroxyl groups excluding tert-OH is 1. The first kappa shape index (κ1) is 24.6. The molecule has 3 aromatic rings. The van der Waals surface area contributed by atoms with Gasteiger partial charge in [-0.3, -0.25) is 4.90 Å². The molecule has 0 unspecified atom stereocenters. The van der Waals surface area contributed by atoms with Crippen molar-refractivity contribution in [2.45, 2.75) is 18.8 Å². The highest BCUT2D eigenvalue weighted by Gasteiger charge is 2.18. The van der Waals surface area contributed by atoms with Gasteiger partial charge >= 0.3 is 0 Å². The number of ether oxygens (including phenoxy) is 4. The number of likely N-dealkylation sites (N-methyl/N-ethyl adjacent to an activating group) is 1. The normalized spacial score (nSPS) is 12.1. The second-order valence-electron chi connectivity index (χ2n) is 7.96. The molecular formula is C27H33NO5. The van der Waals surface area contributed by atoms with Gasteiger partial charge in [0, 0.05) is 13.1 Å². The number of rotatable bonds is 12. The molecule has 0 amide bonds. The lowest BCUT2D eigenvalue weighted by Crippen LogP contribution is -2.32. The minimum atomic E-state index is -0.632. The van der Waals surface area contributed by atoms with Gasteiger partial charge in [0.2, 0.25) is 0 Å². The molecule has 0 spiro atoms. The third kappa shape index (κ3) is 7.22. The molecular weight excluding hydrogens is 418 g/mol. The molecule has 1 N–H and O–H groups in total. The molecule has 6 nitrogen and oxygen atoms in total. The van der Waals surface area contributed by atoms with E-state index in [1.54, 1.807) is 21.3 Å². The van der Waals surface area contributed by atoms with Crippen molar-refractivity contribution in [2.75, 3.05) is 41.5 Å². The minimum absolute atomic E-state index is 0.204. The molecule has 1 atom stereocenters. The molecule has 0 aliphatic heterocycles. The zero-order valence-electron chi connectivity index (χ0n) is 19.7. The second kappa shape index (κ2) is 12.3. The second-order valence-corrected chi connectivity index (χ2v) is 7.96. The van der Waals surface area contributed by atoms with Gasteiger partial charge in [-0.25, -0.2) is 0 Å². The van der Waals surface area contributed by atoms with Crippen LogP contribution in [0.15, 0.2) is 72.8 Å². The van der Waals surface area contributed by atoms with E-state index in [4.69, 9.17) is 18.9 Å². The Morgan fingerprint density at radius 1 is 0.697 bits per heavy atom. The van der Waals surface area contributed by atoms with Crippen LogP contribution < -0.4 is 14.2 Å². The first-order valence-electron chi connectivity index (χ1n) is 10.9. The van der Waals surface area contributed by atoms with Crippen LogP contribution in [0.2, 0.25) is 0 Å². The summed E-state index contributed by atoms with van der Waals surface area (Å²) in [6.07, 6.45) is -0.949. The maximum atomic E-state index is 10.7. The van der Waals surface area contributed by atoms with Crippen molar-refractivity contribution >= 4 is 0 Å². The molecule has 176 valence electrons. The molecule has 33 heavy (non-hydrogen) atoms.